The predicted octanol–water partition coefficient (Wildman–Crippen LogP) is 6.69. The summed E-state index contributed by atoms with van der Waals surface area (Å²) >= 11 is 1.39. The van der Waals surface area contributed by atoms with Crippen molar-refractivity contribution in [1.29, 1.82) is 0 Å². The second-order valence-corrected chi connectivity index (χ2v) is 8.54. The number of amides is 1. The number of halogens is 3. The van der Waals surface area contributed by atoms with Crippen molar-refractivity contribution in [3.63, 3.8) is 0 Å². The van der Waals surface area contributed by atoms with Crippen LogP contribution < -0.4 is 10.1 Å². The number of fused-ring (bicyclic) bond motifs is 1. The van der Waals surface area contributed by atoms with Crippen LogP contribution in [0.25, 0.3) is 16.2 Å². The minimum atomic E-state index is -4.37. The second-order valence-electron chi connectivity index (χ2n) is 7.45. The third-order valence-corrected chi connectivity index (χ3v) is 6.46. The van der Waals surface area contributed by atoms with Gasteiger partial charge in [-0.25, -0.2) is 0 Å². The lowest BCUT2D eigenvalue weighted by Crippen LogP contribution is -2.13. The largest absolute Gasteiger partial charge is 0.508 e. The zero-order valence-corrected chi connectivity index (χ0v) is 18.3. The van der Waals surface area contributed by atoms with Crippen LogP contribution >= 0.6 is 11.3 Å². The molecule has 1 heterocycles. The second kappa shape index (κ2) is 9.15. The summed E-state index contributed by atoms with van der Waals surface area (Å²) in [6.45, 7) is 0. The SMILES string of the molecule is CNC(=O)/C=C/c1ccc(Oc2c(C3C=CC(C(F)(F)F)=CC3)sc3cc(O)ccc23)cc1. The minimum absolute atomic E-state index is 0.104. The third kappa shape index (κ3) is 5.12. The van der Waals surface area contributed by atoms with Crippen LogP contribution in [0.15, 0.2) is 72.3 Å². The number of phenolic OH excluding ortho intramolecular Hbond substituents is 1. The Labute approximate surface area is 192 Å². The van der Waals surface area contributed by atoms with Gasteiger partial charge in [0, 0.05) is 29.1 Å². The molecule has 0 saturated heterocycles. The first-order valence-corrected chi connectivity index (χ1v) is 10.9. The number of rotatable bonds is 5. The number of thiophene rings is 1. The molecule has 33 heavy (non-hydrogen) atoms. The van der Waals surface area contributed by atoms with Crippen molar-refractivity contribution in [2.24, 2.45) is 0 Å². The lowest BCUT2D eigenvalue weighted by atomic mass is 9.94. The predicted molar refractivity (Wildman–Crippen MR) is 124 cm³/mol. The molecule has 0 spiro atoms. The molecule has 0 saturated carbocycles. The highest BCUT2D eigenvalue weighted by Crippen LogP contribution is 2.47. The van der Waals surface area contributed by atoms with Crippen molar-refractivity contribution in [2.75, 3.05) is 7.05 Å². The molecule has 0 radical (unpaired) electrons. The smallest absolute Gasteiger partial charge is 0.416 e. The summed E-state index contributed by atoms with van der Waals surface area (Å²) < 4.78 is 46.0. The third-order valence-electron chi connectivity index (χ3n) is 5.19. The first-order valence-electron chi connectivity index (χ1n) is 10.1. The van der Waals surface area contributed by atoms with Crippen LogP contribution in [0, 0.1) is 0 Å². The van der Waals surface area contributed by atoms with E-state index in [9.17, 15) is 23.1 Å². The summed E-state index contributed by atoms with van der Waals surface area (Å²) in [5.41, 5.74) is 0.159. The molecule has 1 aliphatic rings. The van der Waals surface area contributed by atoms with Gasteiger partial charge in [0.1, 0.15) is 17.2 Å². The van der Waals surface area contributed by atoms with Gasteiger partial charge >= 0.3 is 6.18 Å². The van der Waals surface area contributed by atoms with E-state index in [1.165, 1.54) is 23.5 Å². The van der Waals surface area contributed by atoms with Crippen molar-refractivity contribution in [3.05, 3.63) is 82.8 Å². The van der Waals surface area contributed by atoms with E-state index in [0.717, 1.165) is 26.6 Å². The summed E-state index contributed by atoms with van der Waals surface area (Å²) in [6.07, 6.45) is 2.77. The Hall–Kier alpha value is -3.52. The normalized spacial score (nSPS) is 16.2. The Bertz CT molecular complexity index is 1270. The van der Waals surface area contributed by atoms with Crippen molar-refractivity contribution in [3.8, 4) is 17.2 Å². The number of phenols is 1. The quantitative estimate of drug-likeness (QED) is 0.408. The number of allylic oxidation sites excluding steroid dienone is 4. The Balaban J connectivity index is 1.65. The van der Waals surface area contributed by atoms with Crippen LogP contribution in [-0.2, 0) is 4.79 Å². The highest BCUT2D eigenvalue weighted by Gasteiger charge is 2.34. The van der Waals surface area contributed by atoms with E-state index in [4.69, 9.17) is 4.74 Å². The highest BCUT2D eigenvalue weighted by atomic mass is 32.1. The fraction of sp³-hybridized carbons (Fsp3) is 0.160. The number of aromatic hydroxyl groups is 1. The van der Waals surface area contributed by atoms with Crippen LogP contribution in [0.2, 0.25) is 0 Å². The van der Waals surface area contributed by atoms with Crippen molar-refractivity contribution >= 4 is 33.4 Å². The van der Waals surface area contributed by atoms with Gasteiger partial charge in [-0.3, -0.25) is 4.79 Å². The molecule has 4 rings (SSSR count). The van der Waals surface area contributed by atoms with Gasteiger partial charge in [-0.05, 0) is 48.4 Å². The zero-order valence-electron chi connectivity index (χ0n) is 17.5. The average molecular weight is 472 g/mol. The van der Waals surface area contributed by atoms with Gasteiger partial charge in [0.2, 0.25) is 5.91 Å². The van der Waals surface area contributed by atoms with E-state index in [-0.39, 0.29) is 24.0 Å². The van der Waals surface area contributed by atoms with E-state index in [1.54, 1.807) is 61.7 Å². The Morgan fingerprint density at radius 3 is 2.61 bits per heavy atom. The number of nitrogens with one attached hydrogen (secondary N) is 1. The molecule has 4 nitrogen and oxygen atoms in total. The van der Waals surface area contributed by atoms with Crippen LogP contribution in [0.5, 0.6) is 17.2 Å². The summed E-state index contributed by atoms with van der Waals surface area (Å²) in [5.74, 6) is 0.721. The number of alkyl halides is 3. The number of carbonyl (C=O) groups excluding carboxylic acids is 1. The maximum absolute atomic E-state index is 13.0. The Morgan fingerprint density at radius 2 is 1.97 bits per heavy atom. The number of benzene rings is 2. The van der Waals surface area contributed by atoms with E-state index in [0.29, 0.717) is 11.5 Å². The summed E-state index contributed by atoms with van der Waals surface area (Å²) in [6, 6.07) is 12.0. The van der Waals surface area contributed by atoms with E-state index < -0.39 is 11.7 Å². The lowest BCUT2D eigenvalue weighted by molar-refractivity contribution is -0.116. The molecular formula is C25H20F3NO3S. The number of hydrogen-bond acceptors (Lipinski definition) is 4. The van der Waals surface area contributed by atoms with Gasteiger partial charge in [-0.15, -0.1) is 11.3 Å². The molecule has 0 aliphatic heterocycles. The van der Waals surface area contributed by atoms with Crippen LogP contribution in [-0.4, -0.2) is 24.2 Å². The van der Waals surface area contributed by atoms with Crippen molar-refractivity contribution in [1.82, 2.24) is 5.32 Å². The molecule has 1 atom stereocenters. The summed E-state index contributed by atoms with van der Waals surface area (Å²) in [7, 11) is 1.55. The van der Waals surface area contributed by atoms with E-state index in [2.05, 4.69) is 5.32 Å². The standard InChI is InChI=1S/C25H20F3NO3S/c1-29-22(31)13-4-15-2-10-19(11-3-15)32-23-20-12-9-18(30)14-21(20)33-24(23)16-5-7-17(8-6-16)25(26,27)28/h2-5,7-14,16,30H,6H2,1H3,(H,29,31)/b13-4+. The molecular weight excluding hydrogens is 451 g/mol. The molecule has 0 fully saturated rings. The fourth-order valence-corrected chi connectivity index (χ4v) is 4.73. The molecule has 170 valence electrons. The first-order chi connectivity index (χ1) is 15.7. The monoisotopic (exact) mass is 471 g/mol. The molecule has 1 amide bonds. The Kier molecular flexibility index (Phi) is 6.29. The van der Waals surface area contributed by atoms with Crippen LogP contribution in [0.4, 0.5) is 13.2 Å². The van der Waals surface area contributed by atoms with E-state index >= 15 is 0 Å². The molecule has 2 aromatic carbocycles. The molecule has 3 aromatic rings. The van der Waals surface area contributed by atoms with Crippen molar-refractivity contribution < 1.29 is 27.8 Å². The summed E-state index contributed by atoms with van der Waals surface area (Å²) in [5, 5.41) is 13.2. The number of carbonyl (C=O) groups is 1. The maximum Gasteiger partial charge on any atom is 0.416 e. The molecule has 1 unspecified atom stereocenters. The lowest BCUT2D eigenvalue weighted by Gasteiger charge is -2.18. The maximum atomic E-state index is 13.0. The Morgan fingerprint density at radius 1 is 1.21 bits per heavy atom. The number of ether oxygens (including phenoxy) is 1. The van der Waals surface area contributed by atoms with Gasteiger partial charge in [-0.1, -0.05) is 30.4 Å². The molecule has 2 N–H and O–H groups in total. The zero-order chi connectivity index (χ0) is 23.6. The van der Waals surface area contributed by atoms with Gasteiger partial charge in [0.05, 0.1) is 10.5 Å². The van der Waals surface area contributed by atoms with Gasteiger partial charge in [0.25, 0.3) is 0 Å². The van der Waals surface area contributed by atoms with Crippen LogP contribution in [0.3, 0.4) is 0 Å². The van der Waals surface area contributed by atoms with E-state index in [1.807, 2.05) is 0 Å². The average Bonchev–Trinajstić information content (AvgIpc) is 3.15. The minimum Gasteiger partial charge on any atom is -0.508 e. The molecule has 1 aliphatic carbocycles. The topological polar surface area (TPSA) is 58.6 Å². The fourth-order valence-electron chi connectivity index (χ4n) is 3.48. The highest BCUT2D eigenvalue weighted by molar-refractivity contribution is 7.19. The molecule has 1 aromatic heterocycles. The number of likely N-dealkylation sites (N-methyl/N-ethyl adjacent to an activating group) is 1. The van der Waals surface area contributed by atoms with Crippen LogP contribution in [0.1, 0.15) is 22.8 Å². The first kappa shape index (κ1) is 22.7. The molecule has 8 heteroatoms. The number of hydrogen-bond donors (Lipinski definition) is 2. The molecule has 0 bridgehead atoms. The van der Waals surface area contributed by atoms with Gasteiger partial charge in [0.15, 0.2) is 0 Å². The van der Waals surface area contributed by atoms with Crippen molar-refractivity contribution in [2.45, 2.75) is 18.5 Å². The van der Waals surface area contributed by atoms with Gasteiger partial charge in [-0.2, -0.15) is 13.2 Å². The van der Waals surface area contributed by atoms with Gasteiger partial charge < -0.3 is 15.2 Å². The summed E-state index contributed by atoms with van der Waals surface area (Å²) in [4.78, 5) is 12.1.